The molecule has 0 saturated carbocycles. The van der Waals surface area contributed by atoms with E-state index in [4.69, 9.17) is 4.42 Å². The molecule has 8 heteroatoms. The summed E-state index contributed by atoms with van der Waals surface area (Å²) in [7, 11) is 0. The monoisotopic (exact) mass is 399 g/mol. The lowest BCUT2D eigenvalue weighted by Crippen LogP contribution is -2.48. The van der Waals surface area contributed by atoms with Crippen molar-refractivity contribution in [3.63, 3.8) is 0 Å². The van der Waals surface area contributed by atoms with E-state index in [2.05, 4.69) is 26.3 Å². The second-order valence-corrected chi connectivity index (χ2v) is 7.48. The van der Waals surface area contributed by atoms with Crippen LogP contribution in [-0.4, -0.2) is 36.4 Å². The van der Waals surface area contributed by atoms with Gasteiger partial charge in [-0.3, -0.25) is 9.59 Å². The van der Waals surface area contributed by atoms with Gasteiger partial charge in [0.05, 0.1) is 19.4 Å². The van der Waals surface area contributed by atoms with Crippen molar-refractivity contribution in [1.29, 1.82) is 0 Å². The van der Waals surface area contributed by atoms with Crippen molar-refractivity contribution in [3.05, 3.63) is 54.0 Å². The highest BCUT2D eigenvalue weighted by Gasteiger charge is 2.13. The molecule has 0 unspecified atom stereocenters. The number of carbonyl (C=O) groups excluding carboxylic acids is 2. The minimum atomic E-state index is -0.310. The van der Waals surface area contributed by atoms with Gasteiger partial charge >= 0.3 is 0 Å². The average molecular weight is 399 g/mol. The van der Waals surface area contributed by atoms with Crippen molar-refractivity contribution >= 4 is 23.5 Å². The Morgan fingerprint density at radius 1 is 1.10 bits per heavy atom. The normalized spacial score (nSPS) is 11.7. The maximum absolute atomic E-state index is 12.1. The quantitative estimate of drug-likeness (QED) is 0.423. The highest BCUT2D eigenvalue weighted by Crippen LogP contribution is 2.13. The van der Waals surface area contributed by atoms with E-state index in [1.807, 2.05) is 45.9 Å². The molecule has 1 aromatic heterocycles. The molecule has 2 rings (SSSR count). The summed E-state index contributed by atoms with van der Waals surface area (Å²) < 4.78 is 5.10. The minimum Gasteiger partial charge on any atom is -0.459 e. The second kappa shape index (κ2) is 10.3. The number of rotatable bonds is 7. The van der Waals surface area contributed by atoms with Crippen LogP contribution in [0.4, 0.5) is 5.69 Å². The summed E-state index contributed by atoms with van der Waals surface area (Å²) in [6.07, 6.45) is 1.46. The Hall–Kier alpha value is -3.29. The van der Waals surface area contributed by atoms with Gasteiger partial charge in [0.25, 0.3) is 5.91 Å². The number of amides is 2. The van der Waals surface area contributed by atoms with Crippen LogP contribution in [0.2, 0.25) is 0 Å². The van der Waals surface area contributed by atoms with Crippen molar-refractivity contribution in [2.24, 2.45) is 4.99 Å². The third kappa shape index (κ3) is 8.08. The standard InChI is InChI=1S/C21H29N5O3/c1-5-22-20(24-14-18(27)26-21(2,3)4)23-13-15-8-6-9-16(12-15)25-19(28)17-10-7-11-29-17/h6-12H,5,13-14H2,1-4H3,(H,25,28)(H,26,27)(H2,22,23,24). The molecule has 8 nitrogen and oxygen atoms in total. The van der Waals surface area contributed by atoms with Gasteiger partial charge in [-0.2, -0.15) is 0 Å². The predicted octanol–water partition coefficient (Wildman–Crippen LogP) is 2.50. The number of anilines is 1. The van der Waals surface area contributed by atoms with Crippen molar-refractivity contribution in [3.8, 4) is 0 Å². The lowest BCUT2D eigenvalue weighted by Gasteiger charge is -2.21. The lowest BCUT2D eigenvalue weighted by molar-refractivity contribution is -0.121. The molecule has 156 valence electrons. The zero-order chi connectivity index (χ0) is 21.3. The Balaban J connectivity index is 1.96. The van der Waals surface area contributed by atoms with Crippen LogP contribution < -0.4 is 21.3 Å². The lowest BCUT2D eigenvalue weighted by atomic mass is 10.1. The Morgan fingerprint density at radius 2 is 1.90 bits per heavy atom. The van der Waals surface area contributed by atoms with Crippen molar-refractivity contribution in [1.82, 2.24) is 16.0 Å². The number of carbonyl (C=O) groups is 2. The summed E-state index contributed by atoms with van der Waals surface area (Å²) in [4.78, 5) is 28.6. The van der Waals surface area contributed by atoms with E-state index in [0.717, 1.165) is 5.56 Å². The summed E-state index contributed by atoms with van der Waals surface area (Å²) in [5.41, 5.74) is 1.29. The average Bonchev–Trinajstić information content (AvgIpc) is 3.18. The third-order valence-corrected chi connectivity index (χ3v) is 3.62. The van der Waals surface area contributed by atoms with Crippen LogP contribution in [0.1, 0.15) is 43.8 Å². The number of aliphatic imine (C=N–C) groups is 1. The zero-order valence-corrected chi connectivity index (χ0v) is 17.3. The SMILES string of the molecule is CCNC(=NCc1cccc(NC(=O)c2ccco2)c1)NCC(=O)NC(C)(C)C. The first kappa shape index (κ1) is 22.0. The Kier molecular flexibility index (Phi) is 7.82. The van der Waals surface area contributed by atoms with E-state index in [9.17, 15) is 9.59 Å². The second-order valence-electron chi connectivity index (χ2n) is 7.48. The van der Waals surface area contributed by atoms with Gasteiger partial charge in [-0.1, -0.05) is 12.1 Å². The molecule has 2 aromatic rings. The molecule has 1 heterocycles. The van der Waals surface area contributed by atoms with E-state index in [0.29, 0.717) is 24.7 Å². The number of nitrogens with one attached hydrogen (secondary N) is 4. The summed E-state index contributed by atoms with van der Waals surface area (Å²) in [6.45, 7) is 8.94. The van der Waals surface area contributed by atoms with Gasteiger partial charge in [-0.25, -0.2) is 4.99 Å². The molecular weight excluding hydrogens is 370 g/mol. The molecule has 0 fully saturated rings. The molecule has 0 atom stereocenters. The van der Waals surface area contributed by atoms with E-state index in [-0.39, 0.29) is 29.7 Å². The first-order valence-electron chi connectivity index (χ1n) is 9.54. The summed E-state index contributed by atoms with van der Waals surface area (Å²) in [5.74, 6) is 0.378. The topological polar surface area (TPSA) is 108 Å². The van der Waals surface area contributed by atoms with E-state index in [1.165, 1.54) is 6.26 Å². The highest BCUT2D eigenvalue weighted by atomic mass is 16.3. The fourth-order valence-electron chi connectivity index (χ4n) is 2.49. The van der Waals surface area contributed by atoms with Crippen LogP contribution in [0.15, 0.2) is 52.1 Å². The van der Waals surface area contributed by atoms with Gasteiger partial charge in [-0.05, 0) is 57.5 Å². The molecule has 0 aliphatic carbocycles. The number of furan rings is 1. The molecule has 1 aromatic carbocycles. The summed E-state index contributed by atoms with van der Waals surface area (Å²) in [5, 5.41) is 11.8. The van der Waals surface area contributed by atoms with Gasteiger partial charge in [-0.15, -0.1) is 0 Å². The molecule has 0 bridgehead atoms. The van der Waals surface area contributed by atoms with Gasteiger partial charge in [0.1, 0.15) is 0 Å². The number of hydrogen-bond acceptors (Lipinski definition) is 4. The smallest absolute Gasteiger partial charge is 0.291 e. The summed E-state index contributed by atoms with van der Waals surface area (Å²) in [6, 6.07) is 10.7. The van der Waals surface area contributed by atoms with Crippen molar-refractivity contribution in [2.75, 3.05) is 18.4 Å². The molecule has 0 saturated heterocycles. The zero-order valence-electron chi connectivity index (χ0n) is 17.3. The molecule has 0 aliphatic heterocycles. The molecule has 0 radical (unpaired) electrons. The molecule has 4 N–H and O–H groups in total. The van der Waals surface area contributed by atoms with Gasteiger partial charge in [0.15, 0.2) is 11.7 Å². The van der Waals surface area contributed by atoms with Crippen molar-refractivity contribution in [2.45, 2.75) is 39.8 Å². The molecule has 2 amide bonds. The minimum absolute atomic E-state index is 0.106. The highest BCUT2D eigenvalue weighted by molar-refractivity contribution is 6.02. The molecule has 0 aliphatic rings. The van der Waals surface area contributed by atoms with Crippen LogP contribution in [0, 0.1) is 0 Å². The van der Waals surface area contributed by atoms with Crippen LogP contribution in [-0.2, 0) is 11.3 Å². The maximum Gasteiger partial charge on any atom is 0.291 e. The predicted molar refractivity (Wildman–Crippen MR) is 114 cm³/mol. The molecule has 29 heavy (non-hydrogen) atoms. The van der Waals surface area contributed by atoms with Crippen LogP contribution in [0.25, 0.3) is 0 Å². The van der Waals surface area contributed by atoms with Gasteiger partial charge in [0, 0.05) is 17.8 Å². The van der Waals surface area contributed by atoms with Gasteiger partial charge < -0.3 is 25.7 Å². The third-order valence-electron chi connectivity index (χ3n) is 3.62. The van der Waals surface area contributed by atoms with E-state index < -0.39 is 0 Å². The summed E-state index contributed by atoms with van der Waals surface area (Å²) >= 11 is 0. The fourth-order valence-corrected chi connectivity index (χ4v) is 2.49. The number of benzene rings is 1. The van der Waals surface area contributed by atoms with Crippen LogP contribution >= 0.6 is 0 Å². The van der Waals surface area contributed by atoms with Crippen LogP contribution in [0.5, 0.6) is 0 Å². The number of nitrogens with zero attached hydrogens (tertiary/aromatic N) is 1. The van der Waals surface area contributed by atoms with Crippen LogP contribution in [0.3, 0.4) is 0 Å². The van der Waals surface area contributed by atoms with E-state index in [1.54, 1.807) is 18.2 Å². The first-order valence-corrected chi connectivity index (χ1v) is 9.54. The first-order chi connectivity index (χ1) is 13.8. The largest absolute Gasteiger partial charge is 0.459 e. The Labute approximate surface area is 171 Å². The fraction of sp³-hybridized carbons (Fsp3) is 0.381. The molecule has 0 spiro atoms. The Morgan fingerprint density at radius 3 is 2.55 bits per heavy atom. The van der Waals surface area contributed by atoms with Gasteiger partial charge in [0.2, 0.25) is 5.91 Å². The number of guanidine groups is 1. The molecular formula is C21H29N5O3. The van der Waals surface area contributed by atoms with E-state index >= 15 is 0 Å². The van der Waals surface area contributed by atoms with Crippen molar-refractivity contribution < 1.29 is 14.0 Å². The maximum atomic E-state index is 12.1. The number of hydrogen-bond donors (Lipinski definition) is 4. The Bertz CT molecular complexity index is 838.